The molecule has 0 saturated carbocycles. The second-order valence-corrected chi connectivity index (χ2v) is 2.94. The van der Waals surface area contributed by atoms with E-state index < -0.39 is 5.91 Å². The third-order valence-corrected chi connectivity index (χ3v) is 2.06. The zero-order valence-corrected chi connectivity index (χ0v) is 7.59. The number of amides is 1. The maximum absolute atomic E-state index is 11.0. The van der Waals surface area contributed by atoms with E-state index in [1.807, 2.05) is 19.9 Å². The molecule has 0 aliphatic rings. The molecule has 3 nitrogen and oxygen atoms in total. The molecule has 0 saturated heterocycles. The van der Waals surface area contributed by atoms with Gasteiger partial charge in [-0.05, 0) is 37.1 Å². The molecule has 2 N–H and O–H groups in total. The molecule has 1 amide bonds. The maximum atomic E-state index is 11.0. The highest BCUT2D eigenvalue weighted by Crippen LogP contribution is 2.15. The molecule has 0 aromatic heterocycles. The topological polar surface area (TPSA) is 66.9 Å². The SMILES string of the molecule is Cc1cc(C#N)cc(C(N)=O)c1C. The van der Waals surface area contributed by atoms with Crippen LogP contribution in [-0.4, -0.2) is 5.91 Å². The molecule has 66 valence electrons. The number of carbonyl (C=O) groups excluding carboxylic acids is 1. The number of nitrogens with zero attached hydrogens (tertiary/aromatic N) is 1. The Bertz CT molecular complexity index is 402. The van der Waals surface area contributed by atoms with Gasteiger partial charge in [0.2, 0.25) is 5.91 Å². The number of primary amides is 1. The molecule has 0 aliphatic heterocycles. The smallest absolute Gasteiger partial charge is 0.249 e. The van der Waals surface area contributed by atoms with Gasteiger partial charge in [-0.1, -0.05) is 0 Å². The van der Waals surface area contributed by atoms with Crippen LogP contribution in [0, 0.1) is 25.2 Å². The number of benzene rings is 1. The standard InChI is InChI=1S/C10H10N2O/c1-6-3-8(5-11)4-9(7(6)2)10(12)13/h3-4H,1-2H3,(H2,12,13). The summed E-state index contributed by atoms with van der Waals surface area (Å²) >= 11 is 0. The van der Waals surface area contributed by atoms with E-state index in [1.165, 1.54) is 6.07 Å². The highest BCUT2D eigenvalue weighted by Gasteiger charge is 2.08. The van der Waals surface area contributed by atoms with Crippen LogP contribution in [0.25, 0.3) is 0 Å². The van der Waals surface area contributed by atoms with E-state index in [9.17, 15) is 4.79 Å². The maximum Gasteiger partial charge on any atom is 0.249 e. The molecule has 0 unspecified atom stereocenters. The fourth-order valence-electron chi connectivity index (χ4n) is 1.18. The number of carbonyl (C=O) groups is 1. The molecule has 13 heavy (non-hydrogen) atoms. The molecule has 0 spiro atoms. The van der Waals surface area contributed by atoms with Crippen LogP contribution in [-0.2, 0) is 0 Å². The third kappa shape index (κ3) is 1.67. The summed E-state index contributed by atoms with van der Waals surface area (Å²) in [6.45, 7) is 3.67. The van der Waals surface area contributed by atoms with E-state index in [2.05, 4.69) is 0 Å². The van der Waals surface area contributed by atoms with Crippen LogP contribution >= 0.6 is 0 Å². The fraction of sp³-hybridized carbons (Fsp3) is 0.200. The van der Waals surface area contributed by atoms with E-state index in [0.29, 0.717) is 11.1 Å². The summed E-state index contributed by atoms with van der Waals surface area (Å²) in [6.07, 6.45) is 0. The van der Waals surface area contributed by atoms with E-state index in [4.69, 9.17) is 11.0 Å². The lowest BCUT2D eigenvalue weighted by atomic mass is 10.00. The second-order valence-electron chi connectivity index (χ2n) is 2.94. The minimum absolute atomic E-state index is 0.427. The van der Waals surface area contributed by atoms with Crippen LogP contribution in [0.15, 0.2) is 12.1 Å². The van der Waals surface area contributed by atoms with Gasteiger partial charge in [-0.25, -0.2) is 0 Å². The summed E-state index contributed by atoms with van der Waals surface area (Å²) in [4.78, 5) is 11.0. The largest absolute Gasteiger partial charge is 0.366 e. The Morgan fingerprint density at radius 3 is 2.54 bits per heavy atom. The van der Waals surface area contributed by atoms with Gasteiger partial charge in [0, 0.05) is 5.56 Å². The molecular weight excluding hydrogens is 164 g/mol. The number of hydrogen-bond acceptors (Lipinski definition) is 2. The monoisotopic (exact) mass is 174 g/mol. The van der Waals surface area contributed by atoms with Crippen molar-refractivity contribution in [1.82, 2.24) is 0 Å². The van der Waals surface area contributed by atoms with Gasteiger partial charge in [0.05, 0.1) is 11.6 Å². The fourth-order valence-corrected chi connectivity index (χ4v) is 1.18. The number of hydrogen-bond donors (Lipinski definition) is 1. The summed E-state index contributed by atoms with van der Waals surface area (Å²) in [7, 11) is 0. The van der Waals surface area contributed by atoms with Crippen LogP contribution in [0.1, 0.15) is 27.0 Å². The van der Waals surface area contributed by atoms with Crippen molar-refractivity contribution in [2.24, 2.45) is 5.73 Å². The molecule has 0 bridgehead atoms. The quantitative estimate of drug-likeness (QED) is 0.696. The van der Waals surface area contributed by atoms with Gasteiger partial charge in [-0.15, -0.1) is 0 Å². The Morgan fingerprint density at radius 2 is 2.08 bits per heavy atom. The Kier molecular flexibility index (Phi) is 2.34. The zero-order chi connectivity index (χ0) is 10.0. The molecule has 1 rings (SSSR count). The first-order chi connectivity index (χ1) is 6.06. The van der Waals surface area contributed by atoms with Crippen molar-refractivity contribution in [1.29, 1.82) is 5.26 Å². The Morgan fingerprint density at radius 1 is 1.46 bits per heavy atom. The van der Waals surface area contributed by atoms with Gasteiger partial charge >= 0.3 is 0 Å². The molecule has 0 heterocycles. The lowest BCUT2D eigenvalue weighted by Crippen LogP contribution is -2.13. The summed E-state index contributed by atoms with van der Waals surface area (Å²) in [5.41, 5.74) is 7.80. The van der Waals surface area contributed by atoms with E-state index in [1.54, 1.807) is 6.07 Å². The first-order valence-electron chi connectivity index (χ1n) is 3.87. The molecule has 3 heteroatoms. The highest BCUT2D eigenvalue weighted by atomic mass is 16.1. The predicted molar refractivity (Wildman–Crippen MR) is 49.1 cm³/mol. The molecule has 1 aromatic rings. The molecule has 0 atom stereocenters. The zero-order valence-electron chi connectivity index (χ0n) is 7.59. The van der Waals surface area contributed by atoms with E-state index >= 15 is 0 Å². The number of rotatable bonds is 1. The van der Waals surface area contributed by atoms with E-state index in [-0.39, 0.29) is 0 Å². The van der Waals surface area contributed by atoms with Crippen molar-refractivity contribution in [3.8, 4) is 6.07 Å². The molecule has 0 fully saturated rings. The highest BCUT2D eigenvalue weighted by molar-refractivity contribution is 5.95. The average Bonchev–Trinajstić information content (AvgIpc) is 2.09. The van der Waals surface area contributed by atoms with Gasteiger partial charge in [0.25, 0.3) is 0 Å². The molecular formula is C10H10N2O. The van der Waals surface area contributed by atoms with Crippen molar-refractivity contribution in [2.45, 2.75) is 13.8 Å². The number of nitrogens with two attached hydrogens (primary N) is 1. The summed E-state index contributed by atoms with van der Waals surface area (Å²) in [6, 6.07) is 5.24. The summed E-state index contributed by atoms with van der Waals surface area (Å²) in [5, 5.41) is 8.66. The van der Waals surface area contributed by atoms with Gasteiger partial charge < -0.3 is 5.73 Å². The molecule has 0 radical (unpaired) electrons. The minimum atomic E-state index is -0.488. The summed E-state index contributed by atoms with van der Waals surface area (Å²) in [5.74, 6) is -0.488. The van der Waals surface area contributed by atoms with Crippen molar-refractivity contribution in [3.63, 3.8) is 0 Å². The van der Waals surface area contributed by atoms with Crippen molar-refractivity contribution in [3.05, 3.63) is 34.4 Å². The summed E-state index contributed by atoms with van der Waals surface area (Å²) < 4.78 is 0. The van der Waals surface area contributed by atoms with Gasteiger partial charge in [-0.3, -0.25) is 4.79 Å². The van der Waals surface area contributed by atoms with Crippen molar-refractivity contribution < 1.29 is 4.79 Å². The lowest BCUT2D eigenvalue weighted by Gasteiger charge is -2.05. The van der Waals surface area contributed by atoms with Gasteiger partial charge in [0.1, 0.15) is 0 Å². The molecule has 1 aromatic carbocycles. The number of aryl methyl sites for hydroxylation is 1. The first-order valence-corrected chi connectivity index (χ1v) is 3.87. The Balaban J connectivity index is 3.44. The van der Waals surface area contributed by atoms with Crippen LogP contribution in [0.3, 0.4) is 0 Å². The minimum Gasteiger partial charge on any atom is -0.366 e. The molecule has 0 aliphatic carbocycles. The first kappa shape index (κ1) is 9.27. The number of nitriles is 1. The van der Waals surface area contributed by atoms with Crippen LogP contribution in [0.5, 0.6) is 0 Å². The van der Waals surface area contributed by atoms with Gasteiger partial charge in [0.15, 0.2) is 0 Å². The van der Waals surface area contributed by atoms with Crippen LogP contribution < -0.4 is 5.73 Å². The Labute approximate surface area is 76.8 Å². The van der Waals surface area contributed by atoms with Crippen molar-refractivity contribution >= 4 is 5.91 Å². The van der Waals surface area contributed by atoms with Crippen molar-refractivity contribution in [2.75, 3.05) is 0 Å². The van der Waals surface area contributed by atoms with E-state index in [0.717, 1.165) is 11.1 Å². The second kappa shape index (κ2) is 3.28. The third-order valence-electron chi connectivity index (χ3n) is 2.06. The van der Waals surface area contributed by atoms with Crippen LogP contribution in [0.2, 0.25) is 0 Å². The predicted octanol–water partition coefficient (Wildman–Crippen LogP) is 1.27. The Hall–Kier alpha value is -1.82. The average molecular weight is 174 g/mol. The lowest BCUT2D eigenvalue weighted by molar-refractivity contribution is 0.0999. The normalized spacial score (nSPS) is 9.31. The van der Waals surface area contributed by atoms with Crippen LogP contribution in [0.4, 0.5) is 0 Å². The van der Waals surface area contributed by atoms with Gasteiger partial charge in [-0.2, -0.15) is 5.26 Å².